The van der Waals surface area contributed by atoms with Crippen molar-refractivity contribution in [2.75, 3.05) is 6.54 Å². The molecular formula is C14H19N. The van der Waals surface area contributed by atoms with Crippen LogP contribution < -0.4 is 5.73 Å². The van der Waals surface area contributed by atoms with E-state index in [1.54, 1.807) is 11.1 Å². The van der Waals surface area contributed by atoms with Crippen LogP contribution >= 0.6 is 0 Å². The fraction of sp³-hybridized carbons (Fsp3) is 0.571. The lowest BCUT2D eigenvalue weighted by molar-refractivity contribution is 0.328. The number of benzene rings is 1. The van der Waals surface area contributed by atoms with Gasteiger partial charge in [-0.05, 0) is 61.1 Å². The first-order valence-corrected chi connectivity index (χ1v) is 6.15. The van der Waals surface area contributed by atoms with Gasteiger partial charge in [0.2, 0.25) is 0 Å². The lowest BCUT2D eigenvalue weighted by atomic mass is 9.88. The number of nitrogens with two attached hydrogens (primary N) is 1. The Morgan fingerprint density at radius 2 is 1.53 bits per heavy atom. The maximum atomic E-state index is 5.93. The first-order valence-electron chi connectivity index (χ1n) is 6.15. The second-order valence-electron chi connectivity index (χ2n) is 5.17. The van der Waals surface area contributed by atoms with E-state index in [4.69, 9.17) is 5.73 Å². The van der Waals surface area contributed by atoms with Crippen LogP contribution in [-0.4, -0.2) is 6.54 Å². The minimum atomic E-state index is 0.789. The molecule has 0 heterocycles. The summed E-state index contributed by atoms with van der Waals surface area (Å²) in [6.07, 6.45) is 5.35. The van der Waals surface area contributed by atoms with Gasteiger partial charge in [0.15, 0.2) is 0 Å². The molecule has 2 aliphatic carbocycles. The largest absolute Gasteiger partial charge is 0.330 e. The van der Waals surface area contributed by atoms with E-state index in [9.17, 15) is 0 Å². The van der Waals surface area contributed by atoms with Gasteiger partial charge in [0.1, 0.15) is 0 Å². The molecule has 1 fully saturated rings. The van der Waals surface area contributed by atoms with Crippen molar-refractivity contribution in [1.82, 2.24) is 0 Å². The fourth-order valence-corrected chi connectivity index (χ4v) is 3.65. The molecule has 2 unspecified atom stereocenters. The normalized spacial score (nSPS) is 33.5. The maximum absolute atomic E-state index is 5.93. The van der Waals surface area contributed by atoms with Crippen molar-refractivity contribution >= 4 is 0 Å². The average molecular weight is 201 g/mol. The predicted molar refractivity (Wildman–Crippen MR) is 62.6 cm³/mol. The van der Waals surface area contributed by atoms with Crippen molar-refractivity contribution in [2.45, 2.75) is 25.7 Å². The summed E-state index contributed by atoms with van der Waals surface area (Å²) in [4.78, 5) is 0. The van der Waals surface area contributed by atoms with E-state index in [2.05, 4.69) is 24.3 Å². The Hall–Kier alpha value is -0.820. The molecule has 2 N–H and O–H groups in total. The molecule has 15 heavy (non-hydrogen) atoms. The van der Waals surface area contributed by atoms with Gasteiger partial charge in [-0.3, -0.25) is 0 Å². The first kappa shape index (κ1) is 9.41. The standard InChI is InChI=1S/C14H19N/c15-9-14-12-5-6-13(14)8-11-4-2-1-3-10(11)7-12/h1-4,12-14H,5-9,15H2. The molecule has 1 aromatic rings. The highest BCUT2D eigenvalue weighted by Gasteiger charge is 2.37. The van der Waals surface area contributed by atoms with Crippen molar-refractivity contribution in [3.05, 3.63) is 35.4 Å². The molecule has 80 valence electrons. The number of fused-ring (bicyclic) bond motifs is 3. The molecule has 0 spiro atoms. The smallest absolute Gasteiger partial charge is 0.00433 e. The zero-order valence-corrected chi connectivity index (χ0v) is 9.15. The van der Waals surface area contributed by atoms with Gasteiger partial charge in [-0.25, -0.2) is 0 Å². The highest BCUT2D eigenvalue weighted by Crippen LogP contribution is 2.43. The molecule has 0 radical (unpaired) electrons. The van der Waals surface area contributed by atoms with Gasteiger partial charge in [0, 0.05) is 0 Å². The summed E-state index contributed by atoms with van der Waals surface area (Å²) in [5.74, 6) is 2.52. The average Bonchev–Trinajstić information content (AvgIpc) is 2.54. The Bertz CT molecular complexity index is 325. The van der Waals surface area contributed by atoms with Gasteiger partial charge in [0.25, 0.3) is 0 Å². The minimum Gasteiger partial charge on any atom is -0.330 e. The summed E-state index contributed by atoms with van der Waals surface area (Å²) in [6, 6.07) is 8.97. The third kappa shape index (κ3) is 1.50. The Morgan fingerprint density at radius 1 is 1.00 bits per heavy atom. The Balaban J connectivity index is 1.97. The summed E-state index contributed by atoms with van der Waals surface area (Å²) in [5, 5.41) is 0. The molecule has 2 bridgehead atoms. The van der Waals surface area contributed by atoms with Crippen LogP contribution in [0.2, 0.25) is 0 Å². The molecule has 0 aromatic heterocycles. The quantitative estimate of drug-likeness (QED) is 0.741. The van der Waals surface area contributed by atoms with Gasteiger partial charge in [-0.15, -0.1) is 0 Å². The van der Waals surface area contributed by atoms with E-state index in [-0.39, 0.29) is 0 Å². The van der Waals surface area contributed by atoms with Crippen LogP contribution in [0, 0.1) is 17.8 Å². The molecule has 3 rings (SSSR count). The van der Waals surface area contributed by atoms with Crippen molar-refractivity contribution in [2.24, 2.45) is 23.5 Å². The molecular weight excluding hydrogens is 182 g/mol. The second-order valence-corrected chi connectivity index (χ2v) is 5.17. The van der Waals surface area contributed by atoms with Gasteiger partial charge < -0.3 is 5.73 Å². The number of hydrogen-bond donors (Lipinski definition) is 1. The maximum Gasteiger partial charge on any atom is -0.00433 e. The van der Waals surface area contributed by atoms with Crippen molar-refractivity contribution in [3.8, 4) is 0 Å². The Morgan fingerprint density at radius 3 is 2.00 bits per heavy atom. The molecule has 0 saturated heterocycles. The van der Waals surface area contributed by atoms with Crippen molar-refractivity contribution < 1.29 is 0 Å². The van der Waals surface area contributed by atoms with E-state index < -0.39 is 0 Å². The highest BCUT2D eigenvalue weighted by molar-refractivity contribution is 5.30. The predicted octanol–water partition coefficient (Wildman–Crippen LogP) is 2.39. The molecule has 1 saturated carbocycles. The van der Waals surface area contributed by atoms with Crippen LogP contribution in [0.5, 0.6) is 0 Å². The van der Waals surface area contributed by atoms with Crippen LogP contribution in [0.1, 0.15) is 24.0 Å². The van der Waals surface area contributed by atoms with E-state index in [0.717, 1.165) is 24.3 Å². The molecule has 2 atom stereocenters. The summed E-state index contributed by atoms with van der Waals surface area (Å²) in [5.41, 5.74) is 9.10. The van der Waals surface area contributed by atoms with Crippen LogP contribution in [0.3, 0.4) is 0 Å². The molecule has 1 heteroatoms. The van der Waals surface area contributed by atoms with E-state index in [0.29, 0.717) is 0 Å². The summed E-state index contributed by atoms with van der Waals surface area (Å²) < 4.78 is 0. The summed E-state index contributed by atoms with van der Waals surface area (Å²) >= 11 is 0. The Kier molecular flexibility index (Phi) is 2.28. The lowest BCUT2D eigenvalue weighted by Gasteiger charge is -2.19. The SMILES string of the molecule is NCC1C2CCC1Cc1ccccc1C2. The lowest BCUT2D eigenvalue weighted by Crippen LogP contribution is -2.24. The van der Waals surface area contributed by atoms with Gasteiger partial charge >= 0.3 is 0 Å². The monoisotopic (exact) mass is 201 g/mol. The third-order valence-corrected chi connectivity index (χ3v) is 4.47. The molecule has 2 aliphatic rings. The zero-order chi connectivity index (χ0) is 10.3. The van der Waals surface area contributed by atoms with Crippen molar-refractivity contribution in [3.63, 3.8) is 0 Å². The molecule has 1 nitrogen and oxygen atoms in total. The molecule has 1 aromatic carbocycles. The van der Waals surface area contributed by atoms with Gasteiger partial charge in [-0.1, -0.05) is 24.3 Å². The van der Waals surface area contributed by atoms with Crippen LogP contribution in [0.25, 0.3) is 0 Å². The highest BCUT2D eigenvalue weighted by atomic mass is 14.6. The van der Waals surface area contributed by atoms with Gasteiger partial charge in [-0.2, -0.15) is 0 Å². The summed E-state index contributed by atoms with van der Waals surface area (Å²) in [6.45, 7) is 0.892. The van der Waals surface area contributed by atoms with E-state index in [1.807, 2.05) is 0 Å². The van der Waals surface area contributed by atoms with Crippen LogP contribution in [0.15, 0.2) is 24.3 Å². The van der Waals surface area contributed by atoms with E-state index >= 15 is 0 Å². The third-order valence-electron chi connectivity index (χ3n) is 4.47. The topological polar surface area (TPSA) is 26.0 Å². The fourth-order valence-electron chi connectivity index (χ4n) is 3.65. The van der Waals surface area contributed by atoms with Gasteiger partial charge in [0.05, 0.1) is 0 Å². The zero-order valence-electron chi connectivity index (χ0n) is 9.15. The number of hydrogen-bond acceptors (Lipinski definition) is 1. The first-order chi connectivity index (χ1) is 7.38. The van der Waals surface area contributed by atoms with E-state index in [1.165, 1.54) is 25.7 Å². The molecule has 0 amide bonds. The summed E-state index contributed by atoms with van der Waals surface area (Å²) in [7, 11) is 0. The molecule has 0 aliphatic heterocycles. The van der Waals surface area contributed by atoms with Crippen LogP contribution in [0.4, 0.5) is 0 Å². The number of rotatable bonds is 1. The van der Waals surface area contributed by atoms with Crippen LogP contribution in [-0.2, 0) is 12.8 Å². The van der Waals surface area contributed by atoms with Crippen molar-refractivity contribution in [1.29, 1.82) is 0 Å². The minimum absolute atomic E-state index is 0.789. The Labute approximate surface area is 91.7 Å². The second kappa shape index (κ2) is 3.64.